The first kappa shape index (κ1) is 15.0. The van der Waals surface area contributed by atoms with Gasteiger partial charge >= 0.3 is 0 Å². The maximum absolute atomic E-state index is 5.59. The van der Waals surface area contributed by atoms with Gasteiger partial charge in [0.15, 0.2) is 0 Å². The average molecular weight is 278 g/mol. The number of hydrogen-bond donors (Lipinski definition) is 2. The standard InChI is InChI=1S/C14H26N6/c1-10(2)12-13(18-15)16-9-17-14(12)20(4)11-5-7-19(3)8-6-11/h9-11H,5-8,15H2,1-4H3,(H,16,17,18). The van der Waals surface area contributed by atoms with Crippen molar-refractivity contribution in [2.24, 2.45) is 5.84 Å². The van der Waals surface area contributed by atoms with Gasteiger partial charge in [-0.3, -0.25) is 0 Å². The van der Waals surface area contributed by atoms with Crippen molar-refractivity contribution in [2.75, 3.05) is 37.5 Å². The minimum Gasteiger partial charge on any atom is -0.356 e. The van der Waals surface area contributed by atoms with Crippen LogP contribution in [0.15, 0.2) is 6.33 Å². The van der Waals surface area contributed by atoms with Gasteiger partial charge in [-0.05, 0) is 38.9 Å². The van der Waals surface area contributed by atoms with Gasteiger partial charge in [-0.2, -0.15) is 0 Å². The molecule has 1 fully saturated rings. The lowest BCUT2D eigenvalue weighted by Crippen LogP contribution is -2.42. The molecule has 2 rings (SSSR count). The number of likely N-dealkylation sites (tertiary alicyclic amines) is 1. The number of anilines is 2. The Morgan fingerprint density at radius 3 is 2.55 bits per heavy atom. The van der Waals surface area contributed by atoms with E-state index in [2.05, 4.69) is 53.1 Å². The summed E-state index contributed by atoms with van der Waals surface area (Å²) in [5.74, 6) is 7.64. The van der Waals surface area contributed by atoms with E-state index < -0.39 is 0 Å². The summed E-state index contributed by atoms with van der Waals surface area (Å²) < 4.78 is 0. The molecule has 0 atom stereocenters. The molecule has 1 aromatic rings. The monoisotopic (exact) mass is 278 g/mol. The third kappa shape index (κ3) is 3.02. The van der Waals surface area contributed by atoms with E-state index in [1.165, 1.54) is 12.8 Å². The van der Waals surface area contributed by atoms with Crippen LogP contribution in [0.5, 0.6) is 0 Å². The minimum atomic E-state index is 0.325. The van der Waals surface area contributed by atoms with Crippen molar-refractivity contribution in [3.8, 4) is 0 Å². The Balaban J connectivity index is 2.27. The predicted octanol–water partition coefficient (Wildman–Crippen LogP) is 1.42. The number of nitrogens with two attached hydrogens (primary N) is 1. The van der Waals surface area contributed by atoms with Crippen molar-refractivity contribution in [2.45, 2.75) is 38.6 Å². The second kappa shape index (κ2) is 6.37. The molecule has 112 valence electrons. The smallest absolute Gasteiger partial charge is 0.148 e. The molecular formula is C14H26N6. The van der Waals surface area contributed by atoms with Gasteiger partial charge in [-0.15, -0.1) is 0 Å². The molecule has 0 saturated carbocycles. The first-order valence-corrected chi connectivity index (χ1v) is 7.27. The molecule has 20 heavy (non-hydrogen) atoms. The molecule has 0 aliphatic carbocycles. The maximum atomic E-state index is 5.59. The molecule has 0 radical (unpaired) electrons. The Labute approximate surface area is 121 Å². The number of aromatic nitrogens is 2. The molecule has 0 aromatic carbocycles. The average Bonchev–Trinajstić information content (AvgIpc) is 2.46. The summed E-state index contributed by atoms with van der Waals surface area (Å²) in [5, 5.41) is 0. The zero-order chi connectivity index (χ0) is 14.7. The molecule has 3 N–H and O–H groups in total. The Morgan fingerprint density at radius 1 is 1.35 bits per heavy atom. The molecule has 6 heteroatoms. The summed E-state index contributed by atoms with van der Waals surface area (Å²) in [6, 6.07) is 0.532. The van der Waals surface area contributed by atoms with Gasteiger partial charge in [0.25, 0.3) is 0 Å². The lowest BCUT2D eigenvalue weighted by Gasteiger charge is -2.37. The molecule has 1 aliphatic heterocycles. The Morgan fingerprint density at radius 2 is 2.00 bits per heavy atom. The largest absolute Gasteiger partial charge is 0.356 e. The number of nitrogen functional groups attached to an aromatic ring is 1. The van der Waals surface area contributed by atoms with Crippen molar-refractivity contribution in [3.05, 3.63) is 11.9 Å². The summed E-state index contributed by atoms with van der Waals surface area (Å²) in [6.45, 7) is 6.56. The van der Waals surface area contributed by atoms with Crippen LogP contribution in [0.3, 0.4) is 0 Å². The normalized spacial score (nSPS) is 17.5. The van der Waals surface area contributed by atoms with Gasteiger partial charge in [0.05, 0.1) is 0 Å². The van der Waals surface area contributed by atoms with Crippen molar-refractivity contribution in [1.29, 1.82) is 0 Å². The van der Waals surface area contributed by atoms with Crippen LogP contribution >= 0.6 is 0 Å². The van der Waals surface area contributed by atoms with Crippen LogP contribution in [0.25, 0.3) is 0 Å². The quantitative estimate of drug-likeness (QED) is 0.641. The molecular weight excluding hydrogens is 252 g/mol. The van der Waals surface area contributed by atoms with Gasteiger partial charge in [-0.1, -0.05) is 13.8 Å². The second-order valence-electron chi connectivity index (χ2n) is 5.90. The van der Waals surface area contributed by atoms with E-state index in [4.69, 9.17) is 5.84 Å². The van der Waals surface area contributed by atoms with E-state index >= 15 is 0 Å². The summed E-state index contributed by atoms with van der Waals surface area (Å²) in [6.07, 6.45) is 3.92. The first-order chi connectivity index (χ1) is 9.54. The van der Waals surface area contributed by atoms with Crippen LogP contribution in [0, 0.1) is 0 Å². The van der Waals surface area contributed by atoms with Gasteiger partial charge in [0, 0.05) is 18.7 Å². The Bertz CT molecular complexity index is 439. The van der Waals surface area contributed by atoms with Gasteiger partial charge in [0.2, 0.25) is 0 Å². The number of nitrogens with zero attached hydrogens (tertiary/aromatic N) is 4. The summed E-state index contributed by atoms with van der Waals surface area (Å²) in [4.78, 5) is 13.4. The van der Waals surface area contributed by atoms with Crippen LogP contribution in [-0.2, 0) is 0 Å². The van der Waals surface area contributed by atoms with E-state index in [0.717, 1.165) is 30.3 Å². The number of piperidine rings is 1. The highest BCUT2D eigenvalue weighted by atomic mass is 15.3. The minimum absolute atomic E-state index is 0.325. The fraction of sp³-hybridized carbons (Fsp3) is 0.714. The van der Waals surface area contributed by atoms with E-state index in [1.807, 2.05) is 0 Å². The molecule has 0 unspecified atom stereocenters. The number of hydrogen-bond acceptors (Lipinski definition) is 6. The summed E-state index contributed by atoms with van der Waals surface area (Å²) >= 11 is 0. The van der Waals surface area contributed by atoms with Crippen LogP contribution in [-0.4, -0.2) is 48.1 Å². The van der Waals surface area contributed by atoms with Crippen molar-refractivity contribution in [3.63, 3.8) is 0 Å². The molecule has 2 heterocycles. The fourth-order valence-corrected chi connectivity index (χ4v) is 2.87. The van der Waals surface area contributed by atoms with E-state index in [1.54, 1.807) is 6.33 Å². The molecule has 1 aromatic heterocycles. The van der Waals surface area contributed by atoms with Crippen LogP contribution in [0.2, 0.25) is 0 Å². The fourth-order valence-electron chi connectivity index (χ4n) is 2.87. The predicted molar refractivity (Wildman–Crippen MR) is 82.9 cm³/mol. The highest BCUT2D eigenvalue weighted by molar-refractivity contribution is 5.60. The van der Waals surface area contributed by atoms with Gasteiger partial charge < -0.3 is 15.2 Å². The summed E-state index contributed by atoms with van der Waals surface area (Å²) in [7, 11) is 4.31. The zero-order valence-electron chi connectivity index (χ0n) is 12.9. The highest BCUT2D eigenvalue weighted by Crippen LogP contribution is 2.32. The van der Waals surface area contributed by atoms with Crippen LogP contribution in [0.4, 0.5) is 11.6 Å². The van der Waals surface area contributed by atoms with E-state index in [0.29, 0.717) is 12.0 Å². The molecule has 0 bridgehead atoms. The van der Waals surface area contributed by atoms with E-state index in [9.17, 15) is 0 Å². The molecule has 1 aliphatic rings. The van der Waals surface area contributed by atoms with Gasteiger partial charge in [-0.25, -0.2) is 15.8 Å². The van der Waals surface area contributed by atoms with Crippen LogP contribution in [0.1, 0.15) is 38.2 Å². The maximum Gasteiger partial charge on any atom is 0.148 e. The lowest BCUT2D eigenvalue weighted by molar-refractivity contribution is 0.252. The molecule has 0 spiro atoms. The zero-order valence-corrected chi connectivity index (χ0v) is 12.9. The molecule has 1 saturated heterocycles. The SMILES string of the molecule is CC(C)c1c(NN)ncnc1N(C)C1CCN(C)CC1. The number of rotatable bonds is 4. The van der Waals surface area contributed by atoms with Crippen LogP contribution < -0.4 is 16.2 Å². The van der Waals surface area contributed by atoms with Gasteiger partial charge in [0.1, 0.15) is 18.0 Å². The molecule has 0 amide bonds. The third-order valence-corrected chi connectivity index (χ3v) is 4.15. The van der Waals surface area contributed by atoms with E-state index in [-0.39, 0.29) is 0 Å². The molecule has 6 nitrogen and oxygen atoms in total. The lowest BCUT2D eigenvalue weighted by atomic mass is 10.0. The number of nitrogens with one attached hydrogen (secondary N) is 1. The number of hydrazine groups is 1. The summed E-state index contributed by atoms with van der Waals surface area (Å²) in [5.41, 5.74) is 3.79. The second-order valence-corrected chi connectivity index (χ2v) is 5.90. The first-order valence-electron chi connectivity index (χ1n) is 7.27. The topological polar surface area (TPSA) is 70.3 Å². The Hall–Kier alpha value is -1.40. The Kier molecular flexibility index (Phi) is 4.77. The highest BCUT2D eigenvalue weighted by Gasteiger charge is 2.25. The van der Waals surface area contributed by atoms with Crippen molar-refractivity contribution < 1.29 is 0 Å². The van der Waals surface area contributed by atoms with Crippen molar-refractivity contribution >= 4 is 11.6 Å². The van der Waals surface area contributed by atoms with Crippen molar-refractivity contribution in [1.82, 2.24) is 14.9 Å². The third-order valence-electron chi connectivity index (χ3n) is 4.15.